The number of nitrogens with one attached hydrogen (secondary N) is 2. The molecule has 6 nitrogen and oxygen atoms in total. The molecular formula is C24H21N3O3. The Morgan fingerprint density at radius 3 is 2.47 bits per heavy atom. The van der Waals surface area contributed by atoms with Gasteiger partial charge in [0.2, 0.25) is 0 Å². The minimum atomic E-state index is -0.789. The molecule has 2 N–H and O–H groups in total. The van der Waals surface area contributed by atoms with E-state index in [-0.39, 0.29) is 0 Å². The number of rotatable bonds is 4. The molecule has 2 amide bonds. The number of hydrazine groups is 1. The standard InChI is InChI=1S/C24H21N3O3/c1-15-13-21(20-9-5-6-10-22(20)25-15)24(29)27-26-23(28)16(2)30-19-12-11-17-7-3-4-8-18(17)14-19/h3-14,16H,1-2H3,(H,26,28)(H,27,29). The molecular weight excluding hydrogens is 378 g/mol. The fourth-order valence-corrected chi connectivity index (χ4v) is 3.28. The van der Waals surface area contributed by atoms with Crippen molar-refractivity contribution in [2.75, 3.05) is 0 Å². The van der Waals surface area contributed by atoms with E-state index in [2.05, 4.69) is 15.8 Å². The van der Waals surface area contributed by atoms with Crippen LogP contribution < -0.4 is 15.6 Å². The van der Waals surface area contributed by atoms with Crippen LogP contribution in [0.25, 0.3) is 21.7 Å². The van der Waals surface area contributed by atoms with Gasteiger partial charge in [-0.25, -0.2) is 0 Å². The second-order valence-electron chi connectivity index (χ2n) is 7.04. The molecule has 4 aromatic rings. The zero-order valence-corrected chi connectivity index (χ0v) is 16.7. The first-order chi connectivity index (χ1) is 14.5. The number of ether oxygens (including phenoxy) is 1. The Morgan fingerprint density at radius 2 is 1.63 bits per heavy atom. The third-order valence-corrected chi connectivity index (χ3v) is 4.79. The van der Waals surface area contributed by atoms with Gasteiger partial charge in [0.05, 0.1) is 11.1 Å². The molecule has 0 radical (unpaired) electrons. The zero-order chi connectivity index (χ0) is 21.1. The lowest BCUT2D eigenvalue weighted by atomic mass is 10.1. The molecule has 0 saturated carbocycles. The van der Waals surface area contributed by atoms with Gasteiger partial charge >= 0.3 is 0 Å². The van der Waals surface area contributed by atoms with E-state index in [1.165, 1.54) is 0 Å². The van der Waals surface area contributed by atoms with Crippen molar-refractivity contribution in [3.63, 3.8) is 0 Å². The normalized spacial score (nSPS) is 11.8. The number of para-hydroxylation sites is 1. The minimum absolute atomic E-state index is 0.414. The highest BCUT2D eigenvalue weighted by Crippen LogP contribution is 2.21. The summed E-state index contributed by atoms with van der Waals surface area (Å²) < 4.78 is 5.74. The number of benzene rings is 3. The smallest absolute Gasteiger partial charge is 0.279 e. The van der Waals surface area contributed by atoms with Crippen molar-refractivity contribution in [3.8, 4) is 5.75 Å². The lowest BCUT2D eigenvalue weighted by Crippen LogP contribution is -2.47. The predicted octanol–water partition coefficient (Wildman–Crippen LogP) is 3.92. The van der Waals surface area contributed by atoms with Crippen LogP contribution in [0.15, 0.2) is 72.8 Å². The molecule has 6 heteroatoms. The van der Waals surface area contributed by atoms with Crippen LogP contribution in [0.4, 0.5) is 0 Å². The number of carbonyl (C=O) groups excluding carboxylic acids is 2. The van der Waals surface area contributed by atoms with Crippen LogP contribution in [-0.2, 0) is 4.79 Å². The van der Waals surface area contributed by atoms with Gasteiger partial charge in [-0.15, -0.1) is 0 Å². The van der Waals surface area contributed by atoms with Crippen molar-refractivity contribution >= 4 is 33.5 Å². The lowest BCUT2D eigenvalue weighted by molar-refractivity contribution is -0.128. The first kappa shape index (κ1) is 19.4. The second kappa shape index (κ2) is 8.21. The van der Waals surface area contributed by atoms with Crippen molar-refractivity contribution in [3.05, 3.63) is 84.1 Å². The number of hydrogen-bond donors (Lipinski definition) is 2. The molecule has 0 aliphatic carbocycles. The molecule has 4 rings (SSSR count). The average Bonchev–Trinajstić information content (AvgIpc) is 2.76. The van der Waals surface area contributed by atoms with Gasteiger partial charge in [0.1, 0.15) is 5.75 Å². The van der Waals surface area contributed by atoms with E-state index in [0.29, 0.717) is 11.3 Å². The van der Waals surface area contributed by atoms with Crippen LogP contribution in [-0.4, -0.2) is 22.9 Å². The van der Waals surface area contributed by atoms with Crippen LogP contribution in [0, 0.1) is 6.92 Å². The summed E-state index contributed by atoms with van der Waals surface area (Å²) in [7, 11) is 0. The third-order valence-electron chi connectivity index (χ3n) is 4.79. The summed E-state index contributed by atoms with van der Waals surface area (Å²) in [4.78, 5) is 29.5. The van der Waals surface area contributed by atoms with E-state index in [0.717, 1.165) is 27.4 Å². The van der Waals surface area contributed by atoms with Gasteiger partial charge in [0.15, 0.2) is 6.10 Å². The summed E-state index contributed by atoms with van der Waals surface area (Å²) in [5.74, 6) is -0.284. The van der Waals surface area contributed by atoms with Crippen molar-refractivity contribution in [1.29, 1.82) is 0 Å². The number of fused-ring (bicyclic) bond motifs is 2. The monoisotopic (exact) mass is 399 g/mol. The number of pyridine rings is 1. The molecule has 1 unspecified atom stereocenters. The zero-order valence-electron chi connectivity index (χ0n) is 16.7. The maximum absolute atomic E-state index is 12.6. The van der Waals surface area contributed by atoms with Gasteiger partial charge < -0.3 is 4.74 Å². The van der Waals surface area contributed by atoms with Crippen LogP contribution in [0.5, 0.6) is 5.75 Å². The fourth-order valence-electron chi connectivity index (χ4n) is 3.28. The molecule has 0 saturated heterocycles. The molecule has 30 heavy (non-hydrogen) atoms. The minimum Gasteiger partial charge on any atom is -0.481 e. The van der Waals surface area contributed by atoms with E-state index in [1.54, 1.807) is 13.0 Å². The molecule has 1 atom stereocenters. The Kier molecular flexibility index (Phi) is 5.30. The Morgan fingerprint density at radius 1 is 0.900 bits per heavy atom. The number of amides is 2. The van der Waals surface area contributed by atoms with E-state index in [4.69, 9.17) is 4.74 Å². The quantitative estimate of drug-likeness (QED) is 0.510. The van der Waals surface area contributed by atoms with Crippen LogP contribution >= 0.6 is 0 Å². The van der Waals surface area contributed by atoms with Crippen molar-refractivity contribution in [1.82, 2.24) is 15.8 Å². The lowest BCUT2D eigenvalue weighted by Gasteiger charge is -2.16. The Labute approximate surface area is 173 Å². The molecule has 1 heterocycles. The Bertz CT molecular complexity index is 1250. The van der Waals surface area contributed by atoms with Gasteiger partial charge in [-0.05, 0) is 48.9 Å². The average molecular weight is 399 g/mol. The molecule has 0 aliphatic heterocycles. The summed E-state index contributed by atoms with van der Waals surface area (Å²) in [6, 6.07) is 22.6. The van der Waals surface area contributed by atoms with Gasteiger partial charge in [0.25, 0.3) is 11.8 Å². The molecule has 3 aromatic carbocycles. The largest absolute Gasteiger partial charge is 0.481 e. The van der Waals surface area contributed by atoms with Crippen LogP contribution in [0.1, 0.15) is 23.0 Å². The van der Waals surface area contributed by atoms with E-state index in [9.17, 15) is 9.59 Å². The summed E-state index contributed by atoms with van der Waals surface area (Å²) in [5.41, 5.74) is 6.80. The summed E-state index contributed by atoms with van der Waals surface area (Å²) >= 11 is 0. The van der Waals surface area contributed by atoms with E-state index in [1.807, 2.05) is 73.7 Å². The molecule has 0 bridgehead atoms. The number of hydrogen-bond acceptors (Lipinski definition) is 4. The van der Waals surface area contributed by atoms with Crippen molar-refractivity contribution < 1.29 is 14.3 Å². The van der Waals surface area contributed by atoms with Crippen molar-refractivity contribution in [2.24, 2.45) is 0 Å². The summed E-state index contributed by atoms with van der Waals surface area (Å²) in [6.07, 6.45) is -0.789. The van der Waals surface area contributed by atoms with Crippen LogP contribution in [0.3, 0.4) is 0 Å². The molecule has 0 aliphatic rings. The highest BCUT2D eigenvalue weighted by molar-refractivity contribution is 6.06. The van der Waals surface area contributed by atoms with Crippen LogP contribution in [0.2, 0.25) is 0 Å². The van der Waals surface area contributed by atoms with Gasteiger partial charge in [-0.2, -0.15) is 0 Å². The first-order valence-electron chi connectivity index (χ1n) is 9.63. The van der Waals surface area contributed by atoms with Gasteiger partial charge in [-0.3, -0.25) is 25.4 Å². The highest BCUT2D eigenvalue weighted by Gasteiger charge is 2.17. The summed E-state index contributed by atoms with van der Waals surface area (Å²) in [6.45, 7) is 3.45. The summed E-state index contributed by atoms with van der Waals surface area (Å²) in [5, 5.41) is 2.83. The highest BCUT2D eigenvalue weighted by atomic mass is 16.5. The van der Waals surface area contributed by atoms with E-state index >= 15 is 0 Å². The Balaban J connectivity index is 1.42. The molecule has 1 aromatic heterocycles. The number of carbonyl (C=O) groups is 2. The van der Waals surface area contributed by atoms with Gasteiger partial charge in [0, 0.05) is 11.1 Å². The first-order valence-corrected chi connectivity index (χ1v) is 9.63. The number of nitrogens with zero attached hydrogens (tertiary/aromatic N) is 1. The fraction of sp³-hybridized carbons (Fsp3) is 0.125. The third kappa shape index (κ3) is 4.07. The second-order valence-corrected chi connectivity index (χ2v) is 7.04. The van der Waals surface area contributed by atoms with Gasteiger partial charge in [-0.1, -0.05) is 48.5 Å². The van der Waals surface area contributed by atoms with Crippen molar-refractivity contribution in [2.45, 2.75) is 20.0 Å². The molecule has 0 spiro atoms. The molecule has 150 valence electrons. The Hall–Kier alpha value is -3.93. The topological polar surface area (TPSA) is 80.3 Å². The predicted molar refractivity (Wildman–Crippen MR) is 116 cm³/mol. The maximum Gasteiger partial charge on any atom is 0.279 e. The maximum atomic E-state index is 12.6. The number of aryl methyl sites for hydroxylation is 1. The molecule has 0 fully saturated rings. The van der Waals surface area contributed by atoms with E-state index < -0.39 is 17.9 Å². The number of aromatic nitrogens is 1. The SMILES string of the molecule is Cc1cc(C(=O)NNC(=O)C(C)Oc2ccc3ccccc3c2)c2ccccc2n1.